The fourth-order valence-corrected chi connectivity index (χ4v) is 2.42. The van der Waals surface area contributed by atoms with Gasteiger partial charge in [-0.2, -0.15) is 0 Å². The second-order valence-electron chi connectivity index (χ2n) is 4.98. The summed E-state index contributed by atoms with van der Waals surface area (Å²) >= 11 is 5.89. The van der Waals surface area contributed by atoms with E-state index in [9.17, 15) is 9.90 Å². The molecule has 0 aliphatic heterocycles. The lowest BCUT2D eigenvalue weighted by Gasteiger charge is -2.18. The van der Waals surface area contributed by atoms with Gasteiger partial charge in [-0.25, -0.2) is 4.79 Å². The molecule has 0 aliphatic rings. The highest BCUT2D eigenvalue weighted by Crippen LogP contribution is 2.21. The van der Waals surface area contributed by atoms with Crippen LogP contribution in [0.15, 0.2) is 42.5 Å². The Balaban J connectivity index is 2.22. The van der Waals surface area contributed by atoms with Crippen molar-refractivity contribution in [1.29, 1.82) is 0 Å². The Kier molecular flexibility index (Phi) is 4.86. The summed E-state index contributed by atoms with van der Waals surface area (Å²) in [4.78, 5) is 11.5. The number of aliphatic carboxylic acids is 1. The van der Waals surface area contributed by atoms with Gasteiger partial charge in [-0.05, 0) is 48.7 Å². The van der Waals surface area contributed by atoms with Gasteiger partial charge < -0.3 is 9.84 Å². The summed E-state index contributed by atoms with van der Waals surface area (Å²) in [5.41, 5.74) is 3.14. The molecule has 0 aromatic heterocycles. The lowest BCUT2D eigenvalue weighted by Crippen LogP contribution is -2.30. The fourth-order valence-electron chi connectivity index (χ4n) is 2.24. The van der Waals surface area contributed by atoms with E-state index >= 15 is 0 Å². The van der Waals surface area contributed by atoms with E-state index < -0.39 is 12.1 Å². The summed E-state index contributed by atoms with van der Waals surface area (Å²) in [7, 11) is 0. The summed E-state index contributed by atoms with van der Waals surface area (Å²) in [5, 5.41) is 9.91. The Morgan fingerprint density at radius 2 is 1.81 bits per heavy atom. The maximum Gasteiger partial charge on any atom is 0.345 e. The van der Waals surface area contributed by atoms with Gasteiger partial charge in [0.2, 0.25) is 0 Å². The van der Waals surface area contributed by atoms with Gasteiger partial charge in [0.05, 0.1) is 0 Å². The first-order valence-electron chi connectivity index (χ1n) is 6.67. The van der Waals surface area contributed by atoms with Crippen LogP contribution in [0.5, 0.6) is 5.75 Å². The van der Waals surface area contributed by atoms with Crippen LogP contribution in [0.25, 0.3) is 0 Å². The Labute approximate surface area is 129 Å². The number of benzene rings is 2. The van der Waals surface area contributed by atoms with E-state index in [0.717, 1.165) is 16.7 Å². The maximum absolute atomic E-state index is 11.5. The third kappa shape index (κ3) is 3.99. The minimum atomic E-state index is -0.988. The second-order valence-corrected chi connectivity index (χ2v) is 5.41. The molecular formula is C17H17ClO3. The molecule has 2 aromatic rings. The van der Waals surface area contributed by atoms with E-state index in [0.29, 0.717) is 17.2 Å². The number of hydrogen-bond donors (Lipinski definition) is 1. The highest BCUT2D eigenvalue weighted by Gasteiger charge is 2.22. The van der Waals surface area contributed by atoms with E-state index in [4.69, 9.17) is 16.3 Å². The number of ether oxygens (including phenoxy) is 1. The molecule has 0 bridgehead atoms. The Morgan fingerprint density at radius 1 is 1.19 bits per heavy atom. The van der Waals surface area contributed by atoms with Crippen molar-refractivity contribution in [2.24, 2.45) is 0 Å². The molecule has 0 saturated carbocycles. The van der Waals surface area contributed by atoms with E-state index in [1.54, 1.807) is 24.3 Å². The Morgan fingerprint density at radius 3 is 2.38 bits per heavy atom. The third-order valence-electron chi connectivity index (χ3n) is 3.38. The van der Waals surface area contributed by atoms with Crippen molar-refractivity contribution in [2.75, 3.05) is 0 Å². The lowest BCUT2D eigenvalue weighted by atomic mass is 9.97. The molecule has 0 unspecified atom stereocenters. The van der Waals surface area contributed by atoms with Crippen LogP contribution in [0.4, 0.5) is 0 Å². The minimum absolute atomic E-state index is 0.320. The molecule has 1 N–H and O–H groups in total. The van der Waals surface area contributed by atoms with Gasteiger partial charge in [-0.3, -0.25) is 0 Å². The van der Waals surface area contributed by atoms with Gasteiger partial charge in [0.25, 0.3) is 0 Å². The molecule has 0 spiro atoms. The average Bonchev–Trinajstić information content (AvgIpc) is 2.41. The topological polar surface area (TPSA) is 46.5 Å². The highest BCUT2D eigenvalue weighted by atomic mass is 35.5. The molecular weight excluding hydrogens is 288 g/mol. The van der Waals surface area contributed by atoms with Gasteiger partial charge in [0.15, 0.2) is 6.10 Å². The number of hydrogen-bond acceptors (Lipinski definition) is 2. The second kappa shape index (κ2) is 6.64. The third-order valence-corrected chi connectivity index (χ3v) is 3.62. The van der Waals surface area contributed by atoms with Crippen LogP contribution in [-0.2, 0) is 11.2 Å². The molecule has 0 saturated heterocycles. The van der Waals surface area contributed by atoms with Crippen LogP contribution in [-0.4, -0.2) is 17.2 Å². The van der Waals surface area contributed by atoms with E-state index in [1.807, 2.05) is 32.0 Å². The van der Waals surface area contributed by atoms with Gasteiger partial charge in [-0.15, -0.1) is 0 Å². The molecule has 0 radical (unpaired) electrons. The van der Waals surface area contributed by atoms with Crippen LogP contribution in [0.3, 0.4) is 0 Å². The summed E-state index contributed by atoms with van der Waals surface area (Å²) in [6.45, 7) is 3.95. The minimum Gasteiger partial charge on any atom is -0.478 e. The molecule has 0 amide bonds. The first-order chi connectivity index (χ1) is 9.97. The zero-order valence-electron chi connectivity index (χ0n) is 12.0. The quantitative estimate of drug-likeness (QED) is 0.907. The molecule has 4 heteroatoms. The maximum atomic E-state index is 11.5. The Bertz CT molecular complexity index is 632. The molecule has 0 fully saturated rings. The Hall–Kier alpha value is -2.00. The van der Waals surface area contributed by atoms with Crippen molar-refractivity contribution in [2.45, 2.75) is 26.4 Å². The standard InChI is InChI=1S/C17H17ClO3/c1-11-5-3-6-12(2)15(11)10-16(17(19)20)21-14-8-4-7-13(18)9-14/h3-9,16H,10H2,1-2H3,(H,19,20)/t16-/m0/s1. The summed E-state index contributed by atoms with van der Waals surface area (Å²) in [6, 6.07) is 12.7. The van der Waals surface area contributed by atoms with Crippen molar-refractivity contribution < 1.29 is 14.6 Å². The van der Waals surface area contributed by atoms with Crippen molar-refractivity contribution >= 4 is 17.6 Å². The van der Waals surface area contributed by atoms with Crippen LogP contribution >= 0.6 is 11.6 Å². The molecule has 0 heterocycles. The fraction of sp³-hybridized carbons (Fsp3) is 0.235. The predicted molar refractivity (Wildman–Crippen MR) is 83.1 cm³/mol. The van der Waals surface area contributed by atoms with Gasteiger partial charge >= 0.3 is 5.97 Å². The molecule has 21 heavy (non-hydrogen) atoms. The number of carboxylic acids is 1. The van der Waals surface area contributed by atoms with Crippen LogP contribution < -0.4 is 4.74 Å². The van der Waals surface area contributed by atoms with Crippen LogP contribution in [0.2, 0.25) is 5.02 Å². The summed E-state index contributed by atoms with van der Waals surface area (Å²) < 4.78 is 5.59. The average molecular weight is 305 g/mol. The van der Waals surface area contributed by atoms with Crippen molar-refractivity contribution in [3.63, 3.8) is 0 Å². The first-order valence-corrected chi connectivity index (χ1v) is 7.05. The summed E-state index contributed by atoms with van der Waals surface area (Å²) in [5.74, 6) is -0.529. The number of halogens is 1. The van der Waals surface area contributed by atoms with Gasteiger partial charge in [0, 0.05) is 11.4 Å². The van der Waals surface area contributed by atoms with Crippen molar-refractivity contribution in [3.8, 4) is 5.75 Å². The monoisotopic (exact) mass is 304 g/mol. The first kappa shape index (κ1) is 15.4. The van der Waals surface area contributed by atoms with E-state index in [1.165, 1.54) is 0 Å². The van der Waals surface area contributed by atoms with E-state index in [-0.39, 0.29) is 0 Å². The largest absolute Gasteiger partial charge is 0.478 e. The lowest BCUT2D eigenvalue weighted by molar-refractivity contribution is -0.145. The molecule has 2 aromatic carbocycles. The zero-order valence-corrected chi connectivity index (χ0v) is 12.7. The van der Waals surface area contributed by atoms with E-state index in [2.05, 4.69) is 0 Å². The molecule has 0 aliphatic carbocycles. The molecule has 2 rings (SSSR count). The normalized spacial score (nSPS) is 12.0. The van der Waals surface area contributed by atoms with Gasteiger partial charge in [0.1, 0.15) is 5.75 Å². The number of aryl methyl sites for hydroxylation is 2. The highest BCUT2D eigenvalue weighted by molar-refractivity contribution is 6.30. The number of rotatable bonds is 5. The van der Waals surface area contributed by atoms with Crippen LogP contribution in [0, 0.1) is 13.8 Å². The number of carboxylic acid groups (broad SMARTS) is 1. The van der Waals surface area contributed by atoms with Gasteiger partial charge in [-0.1, -0.05) is 35.9 Å². The number of carbonyl (C=O) groups is 1. The molecule has 110 valence electrons. The summed E-state index contributed by atoms with van der Waals surface area (Å²) in [6.07, 6.45) is -0.622. The van der Waals surface area contributed by atoms with Crippen LogP contribution in [0.1, 0.15) is 16.7 Å². The van der Waals surface area contributed by atoms with Crippen molar-refractivity contribution in [3.05, 3.63) is 64.2 Å². The SMILES string of the molecule is Cc1cccc(C)c1C[C@H](Oc1cccc(Cl)c1)C(=O)O. The molecule has 3 nitrogen and oxygen atoms in total. The van der Waals surface area contributed by atoms with Crippen molar-refractivity contribution in [1.82, 2.24) is 0 Å². The smallest absolute Gasteiger partial charge is 0.345 e. The zero-order chi connectivity index (χ0) is 15.4. The predicted octanol–water partition coefficient (Wildman–Crippen LogP) is 4.03. The molecule has 1 atom stereocenters.